The molecule has 0 saturated carbocycles. The molecule has 1 heterocycles. The third-order valence-electron chi connectivity index (χ3n) is 3.51. The number of hydrogen-bond donors (Lipinski definition) is 0. The van der Waals surface area contributed by atoms with E-state index in [1.165, 1.54) is 12.1 Å². The zero-order valence-electron chi connectivity index (χ0n) is 13.9. The van der Waals surface area contributed by atoms with Crippen molar-refractivity contribution >= 4 is 10.9 Å². The van der Waals surface area contributed by atoms with Crippen molar-refractivity contribution in [3.05, 3.63) is 39.9 Å². The van der Waals surface area contributed by atoms with Crippen molar-refractivity contribution in [1.82, 2.24) is 9.55 Å². The van der Waals surface area contributed by atoms with Crippen molar-refractivity contribution in [2.45, 2.75) is 58.9 Å². The number of para-hydroxylation sites is 1. The first-order chi connectivity index (χ1) is 9.94. The maximum Gasteiger partial charge on any atom is 0.265 e. The quantitative estimate of drug-likeness (QED) is 0.783. The monoisotopic (exact) mass is 308 g/mol. The van der Waals surface area contributed by atoms with Crippen molar-refractivity contribution in [1.29, 1.82) is 0 Å². The summed E-state index contributed by atoms with van der Waals surface area (Å²) < 4.78 is 28.1. The van der Waals surface area contributed by atoms with Gasteiger partial charge in [-0.1, -0.05) is 32.9 Å². The molecule has 2 rings (SSSR count). The summed E-state index contributed by atoms with van der Waals surface area (Å²) in [7, 11) is 0. The van der Waals surface area contributed by atoms with Crippen molar-refractivity contribution in [2.24, 2.45) is 0 Å². The van der Waals surface area contributed by atoms with Gasteiger partial charge in [0.15, 0.2) is 0 Å². The molecule has 1 aromatic carbocycles. The van der Waals surface area contributed by atoms with Gasteiger partial charge in [-0.2, -0.15) is 0 Å². The van der Waals surface area contributed by atoms with E-state index in [-0.39, 0.29) is 22.0 Å². The van der Waals surface area contributed by atoms with E-state index in [2.05, 4.69) is 4.98 Å². The van der Waals surface area contributed by atoms with Crippen LogP contribution in [0, 0.1) is 0 Å². The Bertz CT molecular complexity index is 765. The second kappa shape index (κ2) is 5.14. The highest BCUT2D eigenvalue weighted by atomic mass is 19.3. The normalized spacial score (nSPS) is 13.1. The summed E-state index contributed by atoms with van der Waals surface area (Å²) in [6.07, 6.45) is -2.66. The smallest absolute Gasteiger partial charge is 0.265 e. The molecular formula is C17H22F2N2O. The molecule has 0 atom stereocenters. The fraction of sp³-hybridized carbons (Fsp3) is 0.529. The molecule has 0 N–H and O–H groups in total. The van der Waals surface area contributed by atoms with Gasteiger partial charge in [0.25, 0.3) is 12.0 Å². The third-order valence-corrected chi connectivity index (χ3v) is 3.51. The minimum absolute atomic E-state index is 0.105. The molecule has 0 unspecified atom stereocenters. The van der Waals surface area contributed by atoms with Crippen LogP contribution in [0.1, 0.15) is 59.4 Å². The summed E-state index contributed by atoms with van der Waals surface area (Å²) in [5, 5.41) is 0.237. The summed E-state index contributed by atoms with van der Waals surface area (Å²) in [6, 6.07) is 4.37. The standard InChI is InChI=1S/C17H22F2N2O/c1-16(2,3)15-20-12-10(13(18)19)8-7-9-11(12)14(22)21(15)17(4,5)6/h7-9,13H,1-6H3. The first-order valence-corrected chi connectivity index (χ1v) is 7.29. The Morgan fingerprint density at radius 1 is 1.09 bits per heavy atom. The number of aromatic nitrogens is 2. The van der Waals surface area contributed by atoms with E-state index in [0.29, 0.717) is 5.82 Å². The third kappa shape index (κ3) is 2.76. The van der Waals surface area contributed by atoms with Gasteiger partial charge in [-0.25, -0.2) is 13.8 Å². The average molecular weight is 308 g/mol. The Labute approximate surface area is 129 Å². The first-order valence-electron chi connectivity index (χ1n) is 7.29. The van der Waals surface area contributed by atoms with Gasteiger partial charge < -0.3 is 0 Å². The van der Waals surface area contributed by atoms with Crippen LogP contribution in [0.15, 0.2) is 23.0 Å². The Morgan fingerprint density at radius 3 is 2.14 bits per heavy atom. The van der Waals surface area contributed by atoms with Crippen molar-refractivity contribution in [2.75, 3.05) is 0 Å². The number of fused-ring (bicyclic) bond motifs is 1. The predicted molar refractivity (Wildman–Crippen MR) is 84.7 cm³/mol. The molecular weight excluding hydrogens is 286 g/mol. The van der Waals surface area contributed by atoms with Crippen LogP contribution in [-0.4, -0.2) is 9.55 Å². The summed E-state index contributed by atoms with van der Waals surface area (Å²) in [5.41, 5.74) is -1.28. The van der Waals surface area contributed by atoms with Crippen LogP contribution in [0.5, 0.6) is 0 Å². The molecule has 120 valence electrons. The lowest BCUT2D eigenvalue weighted by molar-refractivity contribution is 0.153. The molecule has 3 nitrogen and oxygen atoms in total. The van der Waals surface area contributed by atoms with Gasteiger partial charge >= 0.3 is 0 Å². The van der Waals surface area contributed by atoms with Crippen LogP contribution >= 0.6 is 0 Å². The lowest BCUT2D eigenvalue weighted by atomic mass is 9.92. The molecule has 0 radical (unpaired) electrons. The highest BCUT2D eigenvalue weighted by molar-refractivity contribution is 5.81. The van der Waals surface area contributed by atoms with Crippen LogP contribution in [-0.2, 0) is 11.0 Å². The Balaban J connectivity index is 3.04. The predicted octanol–water partition coefficient (Wildman–Crippen LogP) is 4.39. The zero-order chi connectivity index (χ0) is 16.9. The SMILES string of the molecule is CC(C)(C)c1nc2c(C(F)F)cccc2c(=O)n1C(C)(C)C. The first kappa shape index (κ1) is 16.6. The molecule has 22 heavy (non-hydrogen) atoms. The molecule has 0 fully saturated rings. The van der Waals surface area contributed by atoms with E-state index >= 15 is 0 Å². The van der Waals surface area contributed by atoms with Gasteiger partial charge in [0.1, 0.15) is 5.82 Å². The van der Waals surface area contributed by atoms with Crippen LogP contribution in [0.4, 0.5) is 8.78 Å². The van der Waals surface area contributed by atoms with E-state index in [9.17, 15) is 13.6 Å². The highest BCUT2D eigenvalue weighted by Crippen LogP contribution is 2.30. The van der Waals surface area contributed by atoms with E-state index in [1.807, 2.05) is 41.5 Å². The van der Waals surface area contributed by atoms with Crippen molar-refractivity contribution in [3.8, 4) is 0 Å². The Hall–Kier alpha value is -1.78. The van der Waals surface area contributed by atoms with E-state index in [0.717, 1.165) is 0 Å². The van der Waals surface area contributed by atoms with Crippen LogP contribution in [0.3, 0.4) is 0 Å². The lowest BCUT2D eigenvalue weighted by Crippen LogP contribution is -2.40. The Morgan fingerprint density at radius 2 is 1.68 bits per heavy atom. The minimum atomic E-state index is -2.66. The van der Waals surface area contributed by atoms with E-state index in [1.54, 1.807) is 10.6 Å². The van der Waals surface area contributed by atoms with Gasteiger partial charge in [0.05, 0.1) is 10.9 Å². The second-order valence-electron chi connectivity index (χ2n) is 7.54. The summed E-state index contributed by atoms with van der Waals surface area (Å²) >= 11 is 0. The fourth-order valence-electron chi connectivity index (χ4n) is 2.53. The summed E-state index contributed by atoms with van der Waals surface area (Å²) in [6.45, 7) is 11.5. The maximum absolute atomic E-state index is 13.2. The number of rotatable bonds is 1. The largest absolute Gasteiger partial charge is 0.290 e. The minimum Gasteiger partial charge on any atom is -0.290 e. The molecule has 0 aliphatic rings. The van der Waals surface area contributed by atoms with Gasteiger partial charge in [0, 0.05) is 16.5 Å². The van der Waals surface area contributed by atoms with Crippen LogP contribution < -0.4 is 5.56 Å². The molecule has 0 aliphatic heterocycles. The number of nitrogens with zero attached hydrogens (tertiary/aromatic N) is 2. The molecule has 0 spiro atoms. The fourth-order valence-corrected chi connectivity index (χ4v) is 2.53. The number of halogens is 2. The molecule has 1 aromatic heterocycles. The van der Waals surface area contributed by atoms with Gasteiger partial charge in [-0.05, 0) is 26.8 Å². The van der Waals surface area contributed by atoms with Crippen molar-refractivity contribution in [3.63, 3.8) is 0 Å². The second-order valence-corrected chi connectivity index (χ2v) is 7.54. The summed E-state index contributed by atoms with van der Waals surface area (Å²) in [4.78, 5) is 17.4. The number of alkyl halides is 2. The zero-order valence-corrected chi connectivity index (χ0v) is 13.9. The lowest BCUT2D eigenvalue weighted by Gasteiger charge is -2.31. The van der Waals surface area contributed by atoms with E-state index < -0.39 is 17.4 Å². The van der Waals surface area contributed by atoms with Gasteiger partial charge in [-0.3, -0.25) is 9.36 Å². The van der Waals surface area contributed by atoms with Crippen molar-refractivity contribution < 1.29 is 8.78 Å². The van der Waals surface area contributed by atoms with Crippen LogP contribution in [0.2, 0.25) is 0 Å². The molecule has 2 aromatic rings. The molecule has 0 saturated heterocycles. The Kier molecular flexibility index (Phi) is 3.88. The molecule has 5 heteroatoms. The average Bonchev–Trinajstić information content (AvgIpc) is 2.35. The molecule has 0 aliphatic carbocycles. The molecule has 0 bridgehead atoms. The number of benzene rings is 1. The van der Waals surface area contributed by atoms with Gasteiger partial charge in [-0.15, -0.1) is 0 Å². The maximum atomic E-state index is 13.2. The summed E-state index contributed by atoms with van der Waals surface area (Å²) in [5.74, 6) is 0.519. The number of hydrogen-bond acceptors (Lipinski definition) is 2. The molecule has 0 amide bonds. The topological polar surface area (TPSA) is 34.9 Å². The highest BCUT2D eigenvalue weighted by Gasteiger charge is 2.29. The van der Waals surface area contributed by atoms with Crippen LogP contribution in [0.25, 0.3) is 10.9 Å². The van der Waals surface area contributed by atoms with Gasteiger partial charge in [0.2, 0.25) is 0 Å². The van der Waals surface area contributed by atoms with E-state index in [4.69, 9.17) is 0 Å².